The van der Waals surface area contributed by atoms with Crippen LogP contribution in [0.1, 0.15) is 48.2 Å². The highest BCUT2D eigenvalue weighted by molar-refractivity contribution is 5.91. The molecule has 2 aromatic rings. The van der Waals surface area contributed by atoms with Crippen molar-refractivity contribution in [3.63, 3.8) is 0 Å². The van der Waals surface area contributed by atoms with Gasteiger partial charge in [0.05, 0.1) is 5.69 Å². The number of nitrogens with zero attached hydrogens (tertiary/aromatic N) is 2. The minimum atomic E-state index is 0.717. The molecule has 0 saturated carbocycles. The number of fused-ring (bicyclic) bond motifs is 2. The van der Waals surface area contributed by atoms with Gasteiger partial charge in [0.15, 0.2) is 5.76 Å². The van der Waals surface area contributed by atoms with Gasteiger partial charge in [-0.05, 0) is 72.6 Å². The first-order chi connectivity index (χ1) is 12.7. The molecule has 0 N–H and O–H groups in total. The molecule has 5 rings (SSSR count). The van der Waals surface area contributed by atoms with E-state index in [1.807, 2.05) is 6.08 Å². The smallest absolute Gasteiger partial charge is 0.227 e. The van der Waals surface area contributed by atoms with Gasteiger partial charge in [0.25, 0.3) is 0 Å². The Balaban J connectivity index is 1.45. The van der Waals surface area contributed by atoms with Crippen LogP contribution in [0.3, 0.4) is 0 Å². The third-order valence-electron chi connectivity index (χ3n) is 5.89. The van der Waals surface area contributed by atoms with Crippen LogP contribution in [0.2, 0.25) is 0 Å². The predicted octanol–water partition coefficient (Wildman–Crippen LogP) is 5.13. The summed E-state index contributed by atoms with van der Waals surface area (Å²) in [4.78, 5) is 7.21. The molecule has 0 radical (unpaired) electrons. The summed E-state index contributed by atoms with van der Waals surface area (Å²) in [5, 5.41) is 0. The van der Waals surface area contributed by atoms with E-state index in [-0.39, 0.29) is 0 Å². The number of benzene rings is 1. The number of anilines is 1. The summed E-state index contributed by atoms with van der Waals surface area (Å²) in [5.41, 5.74) is 7.16. The second-order valence-electron chi connectivity index (χ2n) is 7.67. The summed E-state index contributed by atoms with van der Waals surface area (Å²) in [7, 11) is 0. The molecule has 26 heavy (non-hydrogen) atoms. The van der Waals surface area contributed by atoms with Crippen molar-refractivity contribution >= 4 is 23.4 Å². The number of hydrogen-bond donors (Lipinski definition) is 0. The lowest BCUT2D eigenvalue weighted by atomic mass is 9.87. The predicted molar refractivity (Wildman–Crippen MR) is 107 cm³/mol. The number of aryl methyl sites for hydroxylation is 1. The summed E-state index contributed by atoms with van der Waals surface area (Å²) >= 11 is 0. The van der Waals surface area contributed by atoms with Crippen LogP contribution in [-0.2, 0) is 12.8 Å². The fourth-order valence-corrected chi connectivity index (χ4v) is 4.12. The molecule has 0 amide bonds. The monoisotopic (exact) mass is 344 g/mol. The van der Waals surface area contributed by atoms with Gasteiger partial charge in [-0.3, -0.25) is 0 Å². The SMILES string of the molecule is C=C1Cc2cc(N3CC(CC)C3)ccc2C=C1c1nc2c(o1)C=CCC2. The average Bonchev–Trinajstić information content (AvgIpc) is 3.04. The van der Waals surface area contributed by atoms with Crippen molar-refractivity contribution in [3.8, 4) is 0 Å². The van der Waals surface area contributed by atoms with E-state index in [2.05, 4.69) is 48.8 Å². The Kier molecular flexibility index (Phi) is 3.63. The standard InChI is InChI=1S/C23H24N2O/c1-3-16-13-25(14-16)19-9-8-17-12-20(15(2)10-18(17)11-19)23-24-21-6-4-5-7-22(21)26-23/h5,7-9,11-12,16H,2-4,6,10,13-14H2,1H3. The molecule has 1 aliphatic heterocycles. The zero-order valence-electron chi connectivity index (χ0n) is 15.3. The van der Waals surface area contributed by atoms with Gasteiger partial charge in [0.1, 0.15) is 0 Å². The molecule has 2 heterocycles. The van der Waals surface area contributed by atoms with Crippen LogP contribution in [0.4, 0.5) is 5.69 Å². The Morgan fingerprint density at radius 2 is 2.19 bits per heavy atom. The van der Waals surface area contributed by atoms with Crippen LogP contribution in [0.15, 0.2) is 40.8 Å². The quantitative estimate of drug-likeness (QED) is 0.773. The first-order valence-corrected chi connectivity index (χ1v) is 9.65. The van der Waals surface area contributed by atoms with E-state index in [9.17, 15) is 0 Å². The summed E-state index contributed by atoms with van der Waals surface area (Å²) in [6, 6.07) is 6.82. The van der Waals surface area contributed by atoms with Crippen molar-refractivity contribution in [1.29, 1.82) is 0 Å². The van der Waals surface area contributed by atoms with Gasteiger partial charge in [-0.15, -0.1) is 0 Å². The lowest BCUT2D eigenvalue weighted by molar-refractivity contribution is 0.399. The van der Waals surface area contributed by atoms with Crippen molar-refractivity contribution < 1.29 is 4.42 Å². The molecule has 1 aromatic heterocycles. The summed E-state index contributed by atoms with van der Waals surface area (Å²) in [6.07, 6.45) is 10.5. The van der Waals surface area contributed by atoms with Crippen LogP contribution in [0.5, 0.6) is 0 Å². The molecule has 3 nitrogen and oxygen atoms in total. The van der Waals surface area contributed by atoms with Crippen LogP contribution >= 0.6 is 0 Å². The average molecular weight is 344 g/mol. The van der Waals surface area contributed by atoms with Crippen LogP contribution < -0.4 is 4.90 Å². The molecule has 0 atom stereocenters. The first-order valence-electron chi connectivity index (χ1n) is 9.65. The van der Waals surface area contributed by atoms with Gasteiger partial charge in [0, 0.05) is 24.4 Å². The highest BCUT2D eigenvalue weighted by Crippen LogP contribution is 2.37. The molecular formula is C23H24N2O. The summed E-state index contributed by atoms with van der Waals surface area (Å²) < 4.78 is 6.01. The number of rotatable bonds is 3. The normalized spacial score (nSPS) is 19.0. The molecule has 2 aliphatic carbocycles. The highest BCUT2D eigenvalue weighted by atomic mass is 16.4. The van der Waals surface area contributed by atoms with Crippen molar-refractivity contribution in [2.45, 2.75) is 32.6 Å². The van der Waals surface area contributed by atoms with E-state index in [0.717, 1.165) is 53.7 Å². The Morgan fingerprint density at radius 3 is 3.00 bits per heavy atom. The molecule has 0 bridgehead atoms. The summed E-state index contributed by atoms with van der Waals surface area (Å²) in [5.74, 6) is 2.48. The van der Waals surface area contributed by atoms with Crippen LogP contribution in [-0.4, -0.2) is 18.1 Å². The second-order valence-corrected chi connectivity index (χ2v) is 7.67. The Labute approximate surface area is 154 Å². The van der Waals surface area contributed by atoms with Gasteiger partial charge < -0.3 is 9.32 Å². The van der Waals surface area contributed by atoms with Gasteiger partial charge in [0.2, 0.25) is 5.89 Å². The van der Waals surface area contributed by atoms with Crippen molar-refractivity contribution in [3.05, 3.63) is 64.9 Å². The molecule has 1 aromatic carbocycles. The van der Waals surface area contributed by atoms with Crippen molar-refractivity contribution in [1.82, 2.24) is 4.98 Å². The number of hydrogen-bond acceptors (Lipinski definition) is 3. The molecular weight excluding hydrogens is 320 g/mol. The van der Waals surface area contributed by atoms with E-state index >= 15 is 0 Å². The molecule has 3 heteroatoms. The maximum atomic E-state index is 6.01. The van der Waals surface area contributed by atoms with Gasteiger partial charge >= 0.3 is 0 Å². The minimum Gasteiger partial charge on any atom is -0.436 e. The second kappa shape index (κ2) is 6.01. The van der Waals surface area contributed by atoms with E-state index in [1.54, 1.807) is 0 Å². The lowest BCUT2D eigenvalue weighted by Gasteiger charge is -2.41. The van der Waals surface area contributed by atoms with Gasteiger partial charge in [-0.1, -0.05) is 25.6 Å². The molecule has 3 aliphatic rings. The fourth-order valence-electron chi connectivity index (χ4n) is 4.12. The first kappa shape index (κ1) is 15.7. The van der Waals surface area contributed by atoms with Gasteiger partial charge in [-0.2, -0.15) is 0 Å². The molecule has 0 unspecified atom stereocenters. The highest BCUT2D eigenvalue weighted by Gasteiger charge is 2.27. The number of oxazole rings is 1. The largest absolute Gasteiger partial charge is 0.436 e. The molecule has 0 spiro atoms. The van der Waals surface area contributed by atoms with Crippen LogP contribution in [0, 0.1) is 5.92 Å². The third kappa shape index (κ3) is 2.54. The Morgan fingerprint density at radius 1 is 1.31 bits per heavy atom. The van der Waals surface area contributed by atoms with E-state index in [4.69, 9.17) is 9.40 Å². The Hall–Kier alpha value is -2.55. The van der Waals surface area contributed by atoms with Crippen molar-refractivity contribution in [2.24, 2.45) is 5.92 Å². The maximum Gasteiger partial charge on any atom is 0.227 e. The zero-order chi connectivity index (χ0) is 17.7. The number of aromatic nitrogens is 1. The van der Waals surface area contributed by atoms with E-state index in [0.29, 0.717) is 0 Å². The maximum absolute atomic E-state index is 6.01. The number of allylic oxidation sites excluding steroid dienone is 3. The summed E-state index contributed by atoms with van der Waals surface area (Å²) in [6.45, 7) is 8.96. The van der Waals surface area contributed by atoms with Crippen molar-refractivity contribution in [2.75, 3.05) is 18.0 Å². The van der Waals surface area contributed by atoms with Crippen LogP contribution in [0.25, 0.3) is 17.7 Å². The molecule has 132 valence electrons. The minimum absolute atomic E-state index is 0.717. The zero-order valence-corrected chi connectivity index (χ0v) is 15.3. The van der Waals surface area contributed by atoms with Gasteiger partial charge in [-0.25, -0.2) is 4.98 Å². The third-order valence-corrected chi connectivity index (χ3v) is 5.89. The lowest BCUT2D eigenvalue weighted by Crippen LogP contribution is -2.46. The molecule has 1 saturated heterocycles. The van der Waals surface area contributed by atoms with E-state index < -0.39 is 0 Å². The fraction of sp³-hybridized carbons (Fsp3) is 0.348. The van der Waals surface area contributed by atoms with E-state index in [1.165, 1.54) is 36.3 Å². The molecule has 1 fully saturated rings. The topological polar surface area (TPSA) is 29.3 Å². The Bertz CT molecular complexity index is 941.